The highest BCUT2D eigenvalue weighted by molar-refractivity contribution is 7.87. The number of halogens is 1. The highest BCUT2D eigenvalue weighted by atomic mass is 35.5. The average molecular weight is 311 g/mol. The zero-order chi connectivity index (χ0) is 14.9. The van der Waals surface area contributed by atoms with Gasteiger partial charge in [-0.2, -0.15) is 18.0 Å². The first kappa shape index (κ1) is 14.5. The molecule has 0 radical (unpaired) electrons. The number of nitrogens with zero attached hydrogens (tertiary/aromatic N) is 4. The van der Waals surface area contributed by atoms with Crippen LogP contribution >= 0.6 is 11.6 Å². The summed E-state index contributed by atoms with van der Waals surface area (Å²) in [6.07, 6.45) is 1.19. The number of hydrogen-bond donors (Lipinski definition) is 0. The number of benzene rings is 1. The van der Waals surface area contributed by atoms with Gasteiger partial charge in [-0.1, -0.05) is 11.6 Å². The fraction of sp³-hybridized carbons (Fsp3) is 0.167. The van der Waals surface area contributed by atoms with Crippen LogP contribution in [0.2, 0.25) is 5.02 Å². The SMILES string of the molecule is CN(C)S(=O)(=O)n1cc(C#N)nc1-c1ccc(Cl)cc1. The predicted molar refractivity (Wildman–Crippen MR) is 75.4 cm³/mol. The van der Waals surface area contributed by atoms with E-state index in [4.69, 9.17) is 16.9 Å². The summed E-state index contributed by atoms with van der Waals surface area (Å²) in [7, 11) is -0.932. The van der Waals surface area contributed by atoms with E-state index in [1.807, 2.05) is 6.07 Å². The molecule has 6 nitrogen and oxygen atoms in total. The van der Waals surface area contributed by atoms with Crippen molar-refractivity contribution in [2.75, 3.05) is 14.1 Å². The lowest BCUT2D eigenvalue weighted by Gasteiger charge is -2.14. The maximum Gasteiger partial charge on any atom is 0.308 e. The largest absolute Gasteiger partial charge is 0.308 e. The lowest BCUT2D eigenvalue weighted by Crippen LogP contribution is -2.28. The third kappa shape index (κ3) is 2.54. The van der Waals surface area contributed by atoms with Gasteiger partial charge in [0.05, 0.1) is 6.20 Å². The van der Waals surface area contributed by atoms with Gasteiger partial charge in [0.15, 0.2) is 11.5 Å². The van der Waals surface area contributed by atoms with Gasteiger partial charge in [0, 0.05) is 24.7 Å². The molecule has 0 atom stereocenters. The van der Waals surface area contributed by atoms with E-state index < -0.39 is 10.2 Å². The standard InChI is InChI=1S/C12H11ClN4O2S/c1-16(2)20(18,19)17-8-11(7-14)15-12(17)9-3-5-10(13)6-4-9/h3-6,8H,1-2H3. The Morgan fingerprint density at radius 2 is 1.90 bits per heavy atom. The van der Waals surface area contributed by atoms with Crippen LogP contribution in [0.3, 0.4) is 0 Å². The molecule has 0 N–H and O–H groups in total. The molecule has 2 rings (SSSR count). The fourth-order valence-corrected chi connectivity index (χ4v) is 2.64. The van der Waals surface area contributed by atoms with Crippen molar-refractivity contribution < 1.29 is 8.42 Å². The summed E-state index contributed by atoms with van der Waals surface area (Å²) in [6.45, 7) is 0. The maximum absolute atomic E-state index is 12.2. The molecule has 0 amide bonds. The van der Waals surface area contributed by atoms with Crippen molar-refractivity contribution in [1.82, 2.24) is 13.3 Å². The van der Waals surface area contributed by atoms with E-state index >= 15 is 0 Å². The summed E-state index contributed by atoms with van der Waals surface area (Å²) in [4.78, 5) is 4.03. The topological polar surface area (TPSA) is 79.0 Å². The van der Waals surface area contributed by atoms with E-state index in [1.54, 1.807) is 24.3 Å². The van der Waals surface area contributed by atoms with Crippen molar-refractivity contribution >= 4 is 21.8 Å². The molecule has 1 aromatic heterocycles. The van der Waals surface area contributed by atoms with Crippen LogP contribution in [-0.2, 0) is 10.2 Å². The van der Waals surface area contributed by atoms with Crippen LogP contribution in [0.5, 0.6) is 0 Å². The Morgan fingerprint density at radius 1 is 1.30 bits per heavy atom. The molecule has 1 heterocycles. The van der Waals surface area contributed by atoms with E-state index in [0.717, 1.165) is 8.28 Å². The van der Waals surface area contributed by atoms with Gasteiger partial charge in [-0.05, 0) is 24.3 Å². The molecular formula is C12H11ClN4O2S. The summed E-state index contributed by atoms with van der Waals surface area (Å²) in [5.41, 5.74) is 0.585. The van der Waals surface area contributed by atoms with Gasteiger partial charge < -0.3 is 0 Å². The second-order valence-electron chi connectivity index (χ2n) is 4.15. The Bertz CT molecular complexity index is 773. The van der Waals surface area contributed by atoms with E-state index in [1.165, 1.54) is 20.3 Å². The second-order valence-corrected chi connectivity index (χ2v) is 6.61. The minimum absolute atomic E-state index is 0.0281. The third-order valence-corrected chi connectivity index (χ3v) is 4.55. The highest BCUT2D eigenvalue weighted by Gasteiger charge is 2.22. The predicted octanol–water partition coefficient (Wildman–Crippen LogP) is 1.73. The quantitative estimate of drug-likeness (QED) is 0.865. The molecule has 0 aliphatic carbocycles. The van der Waals surface area contributed by atoms with Crippen LogP contribution in [-0.4, -0.2) is 35.8 Å². The van der Waals surface area contributed by atoms with Crippen LogP contribution in [0, 0.1) is 11.3 Å². The Balaban J connectivity index is 2.68. The lowest BCUT2D eigenvalue weighted by atomic mass is 10.2. The van der Waals surface area contributed by atoms with Gasteiger partial charge in [0.1, 0.15) is 6.07 Å². The number of rotatable bonds is 3. The van der Waals surface area contributed by atoms with Crippen molar-refractivity contribution in [3.8, 4) is 17.5 Å². The molecule has 0 fully saturated rings. The Hall–Kier alpha value is -1.88. The number of aromatic nitrogens is 2. The minimum atomic E-state index is -3.75. The van der Waals surface area contributed by atoms with Gasteiger partial charge >= 0.3 is 10.2 Å². The van der Waals surface area contributed by atoms with Gasteiger partial charge in [0.25, 0.3) is 0 Å². The molecule has 0 spiro atoms. The van der Waals surface area contributed by atoms with Gasteiger partial charge in [-0.15, -0.1) is 0 Å². The monoisotopic (exact) mass is 310 g/mol. The first-order chi connectivity index (χ1) is 9.36. The van der Waals surface area contributed by atoms with Crippen molar-refractivity contribution in [2.24, 2.45) is 0 Å². The summed E-state index contributed by atoms with van der Waals surface area (Å²) in [5.74, 6) is 0.173. The van der Waals surface area contributed by atoms with Crippen molar-refractivity contribution in [1.29, 1.82) is 5.26 Å². The first-order valence-corrected chi connectivity index (χ1v) is 7.32. The first-order valence-electron chi connectivity index (χ1n) is 5.54. The van der Waals surface area contributed by atoms with E-state index in [9.17, 15) is 8.42 Å². The maximum atomic E-state index is 12.2. The molecule has 20 heavy (non-hydrogen) atoms. The number of hydrogen-bond acceptors (Lipinski definition) is 4. The van der Waals surface area contributed by atoms with Crippen LogP contribution in [0.25, 0.3) is 11.4 Å². The Labute approximate surface area is 122 Å². The smallest absolute Gasteiger partial charge is 0.216 e. The molecule has 2 aromatic rings. The van der Waals surface area contributed by atoms with Gasteiger partial charge in [-0.3, -0.25) is 0 Å². The zero-order valence-corrected chi connectivity index (χ0v) is 12.4. The lowest BCUT2D eigenvalue weighted by molar-refractivity contribution is 0.511. The molecule has 8 heteroatoms. The van der Waals surface area contributed by atoms with Crippen molar-refractivity contribution in [3.63, 3.8) is 0 Å². The fourth-order valence-electron chi connectivity index (χ4n) is 1.56. The molecule has 0 bridgehead atoms. The zero-order valence-electron chi connectivity index (χ0n) is 10.8. The molecular weight excluding hydrogens is 300 g/mol. The average Bonchev–Trinajstić information content (AvgIpc) is 2.84. The van der Waals surface area contributed by atoms with Crippen LogP contribution in [0.15, 0.2) is 30.5 Å². The molecule has 0 aliphatic heterocycles. The normalized spacial score (nSPS) is 11.6. The summed E-state index contributed by atoms with van der Waals surface area (Å²) in [6, 6.07) is 8.39. The molecule has 0 saturated carbocycles. The van der Waals surface area contributed by atoms with Gasteiger partial charge in [-0.25, -0.2) is 8.96 Å². The van der Waals surface area contributed by atoms with Crippen LogP contribution < -0.4 is 0 Å². The second kappa shape index (κ2) is 5.25. The van der Waals surface area contributed by atoms with Gasteiger partial charge in [0.2, 0.25) is 0 Å². The molecule has 0 unspecified atom stereocenters. The van der Waals surface area contributed by atoms with E-state index in [0.29, 0.717) is 10.6 Å². The summed E-state index contributed by atoms with van der Waals surface area (Å²) in [5, 5.41) is 9.45. The number of nitriles is 1. The molecule has 0 saturated heterocycles. The van der Waals surface area contributed by atoms with E-state index in [2.05, 4.69) is 4.98 Å². The van der Waals surface area contributed by atoms with Crippen LogP contribution in [0.4, 0.5) is 0 Å². The Morgan fingerprint density at radius 3 is 2.40 bits per heavy atom. The summed E-state index contributed by atoms with van der Waals surface area (Å²) >= 11 is 5.81. The van der Waals surface area contributed by atoms with E-state index in [-0.39, 0.29) is 11.5 Å². The molecule has 0 aliphatic rings. The third-order valence-electron chi connectivity index (χ3n) is 2.60. The van der Waals surface area contributed by atoms with Crippen molar-refractivity contribution in [3.05, 3.63) is 41.2 Å². The van der Waals surface area contributed by atoms with Crippen molar-refractivity contribution in [2.45, 2.75) is 0 Å². The minimum Gasteiger partial charge on any atom is -0.216 e. The Kier molecular flexibility index (Phi) is 3.81. The summed E-state index contributed by atoms with van der Waals surface area (Å²) < 4.78 is 26.5. The molecule has 104 valence electrons. The highest BCUT2D eigenvalue weighted by Crippen LogP contribution is 2.23. The molecule has 1 aromatic carbocycles. The number of imidazole rings is 1. The van der Waals surface area contributed by atoms with Crippen LogP contribution in [0.1, 0.15) is 5.69 Å².